The molecular formula is C23H29N5O4S. The molecule has 0 atom stereocenters. The number of urea groups is 1. The highest BCUT2D eigenvalue weighted by Crippen LogP contribution is 2.42. The number of carbonyl (C=O) groups is 3. The van der Waals surface area contributed by atoms with E-state index >= 15 is 0 Å². The number of nitrogens with one attached hydrogen (secondary N) is 3. The molecule has 4 amide bonds. The molecule has 0 aliphatic carbocycles. The number of likely N-dealkylation sites (tertiary alicyclic amines) is 1. The van der Waals surface area contributed by atoms with Crippen molar-refractivity contribution < 1.29 is 19.1 Å². The van der Waals surface area contributed by atoms with Crippen LogP contribution in [0.2, 0.25) is 0 Å². The van der Waals surface area contributed by atoms with Gasteiger partial charge in [0.2, 0.25) is 0 Å². The van der Waals surface area contributed by atoms with E-state index in [4.69, 9.17) is 9.73 Å². The molecule has 3 N–H and O–H groups in total. The van der Waals surface area contributed by atoms with Gasteiger partial charge in [-0.3, -0.25) is 19.9 Å². The number of ether oxygens (including phenoxy) is 1. The number of carbonyl (C=O) groups excluding carboxylic acids is 3. The molecule has 3 heterocycles. The minimum Gasteiger partial charge on any atom is -0.495 e. The number of methoxy groups -OCH3 is 1. The quantitative estimate of drug-likeness (QED) is 0.622. The maximum absolute atomic E-state index is 13.7. The van der Waals surface area contributed by atoms with Gasteiger partial charge < -0.3 is 20.3 Å². The Balaban J connectivity index is 1.63. The number of piperidine rings is 1. The number of fused-ring (bicyclic) bond motifs is 1. The molecule has 1 aromatic heterocycles. The average molecular weight is 472 g/mol. The zero-order valence-electron chi connectivity index (χ0n) is 19.3. The zero-order valence-corrected chi connectivity index (χ0v) is 20.1. The highest BCUT2D eigenvalue weighted by Gasteiger charge is 2.47. The molecule has 1 fully saturated rings. The number of hydrogen-bond acceptors (Lipinski definition) is 6. The van der Waals surface area contributed by atoms with Crippen LogP contribution in [-0.2, 0) is 4.79 Å². The van der Waals surface area contributed by atoms with E-state index in [9.17, 15) is 14.4 Å². The first-order chi connectivity index (χ1) is 15.8. The number of benzene rings is 1. The van der Waals surface area contributed by atoms with Crippen molar-refractivity contribution >= 4 is 50.1 Å². The van der Waals surface area contributed by atoms with E-state index in [1.807, 2.05) is 39.0 Å². The summed E-state index contributed by atoms with van der Waals surface area (Å²) in [5.41, 5.74) is -0.350. The van der Waals surface area contributed by atoms with E-state index in [0.717, 1.165) is 10.1 Å². The smallest absolute Gasteiger partial charge is 0.319 e. The summed E-state index contributed by atoms with van der Waals surface area (Å²) in [5, 5.41) is 9.64. The van der Waals surface area contributed by atoms with Gasteiger partial charge in [0, 0.05) is 30.9 Å². The van der Waals surface area contributed by atoms with Crippen LogP contribution in [0.1, 0.15) is 44.0 Å². The van der Waals surface area contributed by atoms with Gasteiger partial charge in [-0.15, -0.1) is 11.3 Å². The second-order valence-electron chi connectivity index (χ2n) is 8.56. The molecule has 0 bridgehead atoms. The highest BCUT2D eigenvalue weighted by molar-refractivity contribution is 7.23. The Kier molecular flexibility index (Phi) is 6.29. The fraction of sp³-hybridized carbons (Fsp3) is 0.478. The van der Waals surface area contributed by atoms with E-state index in [2.05, 4.69) is 16.0 Å². The largest absolute Gasteiger partial charge is 0.495 e. The Labute approximate surface area is 196 Å². The Hall–Kier alpha value is -3.14. The molecule has 0 unspecified atom stereocenters. The molecule has 1 aromatic carbocycles. The van der Waals surface area contributed by atoms with Crippen LogP contribution in [0.4, 0.5) is 9.80 Å². The first-order valence-corrected chi connectivity index (χ1v) is 12.0. The molecule has 1 saturated heterocycles. The minimum atomic E-state index is -0.793. The lowest BCUT2D eigenvalue weighted by Gasteiger charge is -2.35. The summed E-state index contributed by atoms with van der Waals surface area (Å²) >= 11 is 1.31. The Morgan fingerprint density at radius 3 is 2.64 bits per heavy atom. The molecule has 0 saturated carbocycles. The van der Waals surface area contributed by atoms with Crippen LogP contribution in [0, 0.1) is 5.92 Å². The number of amidine groups is 1. The van der Waals surface area contributed by atoms with Crippen LogP contribution in [-0.4, -0.2) is 60.9 Å². The molecule has 9 nitrogen and oxygen atoms in total. The SMILES string of the molecule is CCNC(=O)Nc1sc2c(OC)cccc2c1C(=O)N1CCC2(CC1)N=C(C(C)C)NC2=O. The van der Waals surface area contributed by atoms with Crippen molar-refractivity contribution in [2.24, 2.45) is 10.9 Å². The van der Waals surface area contributed by atoms with Gasteiger partial charge in [-0.05, 0) is 25.8 Å². The van der Waals surface area contributed by atoms with E-state index in [-0.39, 0.29) is 23.8 Å². The second kappa shape index (κ2) is 9.01. The normalized spacial score (nSPS) is 17.3. The van der Waals surface area contributed by atoms with Crippen molar-refractivity contribution in [3.63, 3.8) is 0 Å². The van der Waals surface area contributed by atoms with Crippen molar-refractivity contribution in [1.29, 1.82) is 0 Å². The topological polar surface area (TPSA) is 112 Å². The van der Waals surface area contributed by atoms with Gasteiger partial charge >= 0.3 is 6.03 Å². The fourth-order valence-electron chi connectivity index (χ4n) is 4.25. The van der Waals surface area contributed by atoms with E-state index in [1.165, 1.54) is 11.3 Å². The first-order valence-electron chi connectivity index (χ1n) is 11.1. The molecule has 2 aliphatic rings. The maximum atomic E-state index is 13.7. The number of rotatable bonds is 5. The first kappa shape index (κ1) is 23.0. The molecule has 2 aliphatic heterocycles. The third-order valence-electron chi connectivity index (χ3n) is 6.10. The van der Waals surface area contributed by atoms with Crippen LogP contribution in [0.5, 0.6) is 5.75 Å². The lowest BCUT2D eigenvalue weighted by atomic mass is 9.87. The van der Waals surface area contributed by atoms with Crippen molar-refractivity contribution in [1.82, 2.24) is 15.5 Å². The lowest BCUT2D eigenvalue weighted by Crippen LogP contribution is -2.50. The Morgan fingerprint density at radius 1 is 1.30 bits per heavy atom. The number of anilines is 1. The van der Waals surface area contributed by atoms with Crippen LogP contribution in [0.15, 0.2) is 23.2 Å². The summed E-state index contributed by atoms with van der Waals surface area (Å²) in [6.45, 7) is 7.10. The highest BCUT2D eigenvalue weighted by atomic mass is 32.1. The summed E-state index contributed by atoms with van der Waals surface area (Å²) in [6.07, 6.45) is 0.927. The number of nitrogens with zero attached hydrogens (tertiary/aromatic N) is 2. The molecule has 0 radical (unpaired) electrons. The summed E-state index contributed by atoms with van der Waals surface area (Å²) in [7, 11) is 1.58. The van der Waals surface area contributed by atoms with E-state index < -0.39 is 5.54 Å². The average Bonchev–Trinajstić information content (AvgIpc) is 3.31. The van der Waals surface area contributed by atoms with Crippen LogP contribution < -0.4 is 20.7 Å². The molecule has 33 heavy (non-hydrogen) atoms. The number of aliphatic imine (C=N–C) groups is 1. The van der Waals surface area contributed by atoms with Crippen molar-refractivity contribution in [2.45, 2.75) is 39.2 Å². The van der Waals surface area contributed by atoms with Gasteiger partial charge in [0.25, 0.3) is 11.8 Å². The third-order valence-corrected chi connectivity index (χ3v) is 7.24. The Morgan fingerprint density at radius 2 is 2.03 bits per heavy atom. The predicted molar refractivity (Wildman–Crippen MR) is 129 cm³/mol. The third kappa shape index (κ3) is 4.15. The molecule has 10 heteroatoms. The lowest BCUT2D eigenvalue weighted by molar-refractivity contribution is -0.125. The second-order valence-corrected chi connectivity index (χ2v) is 9.58. The summed E-state index contributed by atoms with van der Waals surface area (Å²) in [5.74, 6) is 1.24. The Bertz CT molecular complexity index is 1130. The zero-order chi connectivity index (χ0) is 23.8. The van der Waals surface area contributed by atoms with E-state index in [1.54, 1.807) is 12.0 Å². The van der Waals surface area contributed by atoms with Gasteiger partial charge in [-0.2, -0.15) is 0 Å². The van der Waals surface area contributed by atoms with Crippen LogP contribution in [0.25, 0.3) is 10.1 Å². The number of amides is 4. The standard InChI is InChI=1S/C23H29N5O4S/c1-5-24-22(31)26-19-16(14-7-6-8-15(32-4)17(14)33-19)20(29)28-11-9-23(10-12-28)21(30)25-18(27-23)13(2)3/h6-8,13H,5,9-12H2,1-4H3,(H2,24,26,31)(H,25,27,30). The van der Waals surface area contributed by atoms with Gasteiger partial charge in [0.1, 0.15) is 22.1 Å². The minimum absolute atomic E-state index is 0.0809. The van der Waals surface area contributed by atoms with Crippen molar-refractivity contribution in [3.8, 4) is 5.75 Å². The van der Waals surface area contributed by atoms with Gasteiger partial charge in [0.05, 0.1) is 17.4 Å². The molecular weight excluding hydrogens is 442 g/mol. The molecule has 1 spiro atoms. The van der Waals surface area contributed by atoms with Gasteiger partial charge in [-0.1, -0.05) is 26.0 Å². The van der Waals surface area contributed by atoms with Crippen molar-refractivity contribution in [3.05, 3.63) is 23.8 Å². The molecule has 2 aromatic rings. The maximum Gasteiger partial charge on any atom is 0.319 e. The van der Waals surface area contributed by atoms with Crippen LogP contribution >= 0.6 is 11.3 Å². The summed E-state index contributed by atoms with van der Waals surface area (Å²) in [4.78, 5) is 45.0. The van der Waals surface area contributed by atoms with Gasteiger partial charge in [0.15, 0.2) is 0 Å². The number of thiophene rings is 1. The summed E-state index contributed by atoms with van der Waals surface area (Å²) < 4.78 is 6.27. The van der Waals surface area contributed by atoms with Crippen molar-refractivity contribution in [2.75, 3.05) is 32.1 Å². The molecule has 4 rings (SSSR count). The molecule has 176 valence electrons. The predicted octanol–water partition coefficient (Wildman–Crippen LogP) is 3.21. The summed E-state index contributed by atoms with van der Waals surface area (Å²) in [6, 6.07) is 5.15. The number of hydrogen-bond donors (Lipinski definition) is 3. The van der Waals surface area contributed by atoms with Crippen LogP contribution in [0.3, 0.4) is 0 Å². The van der Waals surface area contributed by atoms with Gasteiger partial charge in [-0.25, -0.2) is 4.79 Å². The monoisotopic (exact) mass is 471 g/mol. The van der Waals surface area contributed by atoms with E-state index in [0.29, 0.717) is 54.6 Å². The fourth-order valence-corrected chi connectivity index (χ4v) is 5.43.